The van der Waals surface area contributed by atoms with Crippen molar-refractivity contribution in [1.29, 1.82) is 0 Å². The molecule has 3 aliphatic rings. The van der Waals surface area contributed by atoms with E-state index in [1.54, 1.807) is 7.11 Å². The van der Waals surface area contributed by atoms with Crippen LogP contribution in [0.3, 0.4) is 0 Å². The third-order valence-electron chi connectivity index (χ3n) is 8.12. The van der Waals surface area contributed by atoms with Crippen LogP contribution < -0.4 is 4.74 Å². The van der Waals surface area contributed by atoms with Gasteiger partial charge >= 0.3 is 0 Å². The highest BCUT2D eigenvalue weighted by Gasteiger charge is 2.43. The third kappa shape index (κ3) is 5.81. The molecule has 3 amide bonds. The fraction of sp³-hybridized carbons (Fsp3) is 0.679. The largest absolute Gasteiger partial charge is 0.496 e. The zero-order valence-corrected chi connectivity index (χ0v) is 21.4. The lowest BCUT2D eigenvalue weighted by molar-refractivity contribution is -0.151. The Morgan fingerprint density at radius 1 is 1.00 bits per heavy atom. The van der Waals surface area contributed by atoms with Crippen molar-refractivity contribution in [3.63, 3.8) is 0 Å². The van der Waals surface area contributed by atoms with Gasteiger partial charge < -0.3 is 19.4 Å². The Morgan fingerprint density at radius 2 is 1.69 bits per heavy atom. The van der Waals surface area contributed by atoms with Crippen LogP contribution in [0.25, 0.3) is 0 Å². The molecule has 7 heteroatoms. The van der Waals surface area contributed by atoms with Crippen LogP contribution in [-0.2, 0) is 14.4 Å². The molecule has 2 heterocycles. The molecule has 1 aliphatic carbocycles. The Bertz CT molecular complexity index is 890. The number of hydrogen-bond donors (Lipinski definition) is 0. The first kappa shape index (κ1) is 25.5. The van der Waals surface area contributed by atoms with Gasteiger partial charge in [0.15, 0.2) is 0 Å². The SMILES string of the molecule is CCCCN1C(=O)CCC(C(=O)N2CCN(C(=O)CC3CCCC3)CC2)C1c1ccccc1OC. The van der Waals surface area contributed by atoms with Gasteiger partial charge in [-0.2, -0.15) is 0 Å². The van der Waals surface area contributed by atoms with Crippen LogP contribution >= 0.6 is 0 Å². The standard InChI is InChI=1S/C28H41N3O4/c1-3-4-15-31-25(32)14-13-23(27(31)22-11-7-8-12-24(22)35-2)28(34)30-18-16-29(17-19-30)26(33)20-21-9-5-6-10-21/h7-8,11-12,21,23,27H,3-6,9-10,13-20H2,1-2H3. The van der Waals surface area contributed by atoms with Gasteiger partial charge in [-0.05, 0) is 37.7 Å². The molecular formula is C28H41N3O4. The number of ether oxygens (including phenoxy) is 1. The molecular weight excluding hydrogens is 442 g/mol. The molecule has 0 spiro atoms. The number of piperidine rings is 1. The van der Waals surface area contributed by atoms with E-state index in [0.29, 0.717) is 63.7 Å². The minimum atomic E-state index is -0.325. The van der Waals surface area contributed by atoms with Crippen molar-refractivity contribution >= 4 is 17.7 Å². The minimum absolute atomic E-state index is 0.0952. The quantitative estimate of drug-likeness (QED) is 0.560. The summed E-state index contributed by atoms with van der Waals surface area (Å²) in [6.45, 7) is 5.08. The number of likely N-dealkylation sites (tertiary alicyclic amines) is 1. The topological polar surface area (TPSA) is 70.2 Å². The van der Waals surface area contributed by atoms with Crippen LogP contribution in [0, 0.1) is 11.8 Å². The summed E-state index contributed by atoms with van der Waals surface area (Å²) in [7, 11) is 1.64. The van der Waals surface area contributed by atoms with Crippen molar-refractivity contribution in [1.82, 2.24) is 14.7 Å². The number of amides is 3. The number of methoxy groups -OCH3 is 1. The van der Waals surface area contributed by atoms with E-state index in [9.17, 15) is 14.4 Å². The molecule has 0 radical (unpaired) electrons. The summed E-state index contributed by atoms with van der Waals surface area (Å²) in [5.74, 6) is 1.40. The Kier molecular flexibility index (Phi) is 8.69. The van der Waals surface area contributed by atoms with E-state index in [1.165, 1.54) is 25.7 Å². The van der Waals surface area contributed by atoms with Gasteiger partial charge in [0, 0.05) is 51.1 Å². The summed E-state index contributed by atoms with van der Waals surface area (Å²) in [6.07, 6.45) is 8.31. The molecule has 1 saturated carbocycles. The van der Waals surface area contributed by atoms with Crippen LogP contribution in [-0.4, -0.2) is 72.3 Å². The fourth-order valence-corrected chi connectivity index (χ4v) is 6.10. The molecule has 7 nitrogen and oxygen atoms in total. The van der Waals surface area contributed by atoms with Crippen molar-refractivity contribution in [2.75, 3.05) is 39.8 Å². The normalized spacial score (nSPS) is 23.6. The summed E-state index contributed by atoms with van der Waals surface area (Å²) >= 11 is 0. The highest BCUT2D eigenvalue weighted by Crippen LogP contribution is 2.41. The van der Waals surface area contributed by atoms with Crippen LogP contribution in [0.4, 0.5) is 0 Å². The molecule has 3 fully saturated rings. The number of unbranched alkanes of at least 4 members (excludes halogenated alkanes) is 1. The van der Waals surface area contributed by atoms with E-state index in [4.69, 9.17) is 4.74 Å². The van der Waals surface area contributed by atoms with E-state index in [-0.39, 0.29) is 29.7 Å². The first-order chi connectivity index (χ1) is 17.0. The monoisotopic (exact) mass is 483 g/mol. The third-order valence-corrected chi connectivity index (χ3v) is 8.12. The maximum absolute atomic E-state index is 13.9. The highest BCUT2D eigenvalue weighted by atomic mass is 16.5. The Labute approximate surface area is 209 Å². The smallest absolute Gasteiger partial charge is 0.228 e. The fourth-order valence-electron chi connectivity index (χ4n) is 6.10. The first-order valence-electron chi connectivity index (χ1n) is 13.5. The Morgan fingerprint density at radius 3 is 2.37 bits per heavy atom. The number of rotatable bonds is 8. The highest BCUT2D eigenvalue weighted by molar-refractivity contribution is 5.85. The lowest BCUT2D eigenvalue weighted by atomic mass is 9.82. The van der Waals surface area contributed by atoms with Gasteiger partial charge in [-0.15, -0.1) is 0 Å². The van der Waals surface area contributed by atoms with Crippen molar-refractivity contribution in [2.24, 2.45) is 11.8 Å². The molecule has 0 bridgehead atoms. The maximum atomic E-state index is 13.9. The van der Waals surface area contributed by atoms with Crippen molar-refractivity contribution in [3.05, 3.63) is 29.8 Å². The number of para-hydroxylation sites is 1. The van der Waals surface area contributed by atoms with Crippen LogP contribution in [0.5, 0.6) is 5.75 Å². The van der Waals surface area contributed by atoms with Gasteiger partial charge in [0.2, 0.25) is 17.7 Å². The molecule has 2 unspecified atom stereocenters. The molecule has 192 valence electrons. The second kappa shape index (κ2) is 11.9. The predicted octanol–water partition coefficient (Wildman–Crippen LogP) is 4.03. The number of hydrogen-bond acceptors (Lipinski definition) is 4. The molecule has 4 rings (SSSR count). The predicted molar refractivity (Wildman–Crippen MR) is 135 cm³/mol. The van der Waals surface area contributed by atoms with Gasteiger partial charge in [-0.1, -0.05) is 44.4 Å². The molecule has 0 N–H and O–H groups in total. The summed E-state index contributed by atoms with van der Waals surface area (Å²) in [6, 6.07) is 7.44. The molecule has 1 aromatic rings. The minimum Gasteiger partial charge on any atom is -0.496 e. The Hall–Kier alpha value is -2.57. The van der Waals surface area contributed by atoms with Gasteiger partial charge in [-0.3, -0.25) is 14.4 Å². The number of carbonyl (C=O) groups excluding carboxylic acids is 3. The van der Waals surface area contributed by atoms with E-state index >= 15 is 0 Å². The maximum Gasteiger partial charge on any atom is 0.228 e. The number of nitrogens with zero attached hydrogens (tertiary/aromatic N) is 3. The zero-order valence-electron chi connectivity index (χ0n) is 21.4. The average Bonchev–Trinajstić information content (AvgIpc) is 3.40. The molecule has 1 aromatic carbocycles. The number of benzene rings is 1. The van der Waals surface area contributed by atoms with Gasteiger partial charge in [0.25, 0.3) is 0 Å². The number of piperazine rings is 1. The summed E-state index contributed by atoms with van der Waals surface area (Å²) in [5.41, 5.74) is 0.905. The summed E-state index contributed by atoms with van der Waals surface area (Å²) in [5, 5.41) is 0. The molecule has 35 heavy (non-hydrogen) atoms. The second-order valence-electron chi connectivity index (χ2n) is 10.3. The molecule has 2 aliphatic heterocycles. The zero-order chi connectivity index (χ0) is 24.8. The van der Waals surface area contributed by atoms with Crippen LogP contribution in [0.2, 0.25) is 0 Å². The first-order valence-corrected chi connectivity index (χ1v) is 13.5. The van der Waals surface area contributed by atoms with Crippen molar-refractivity contribution in [2.45, 2.75) is 70.8 Å². The Balaban J connectivity index is 1.48. The molecule has 2 atom stereocenters. The van der Waals surface area contributed by atoms with E-state index in [0.717, 1.165) is 18.4 Å². The lowest BCUT2D eigenvalue weighted by Gasteiger charge is -2.44. The van der Waals surface area contributed by atoms with E-state index in [2.05, 4.69) is 6.92 Å². The van der Waals surface area contributed by atoms with Gasteiger partial charge in [0.05, 0.1) is 19.1 Å². The second-order valence-corrected chi connectivity index (χ2v) is 10.3. The van der Waals surface area contributed by atoms with Gasteiger partial charge in [-0.25, -0.2) is 0 Å². The van der Waals surface area contributed by atoms with Gasteiger partial charge in [0.1, 0.15) is 5.75 Å². The van der Waals surface area contributed by atoms with Crippen LogP contribution in [0.1, 0.15) is 76.3 Å². The molecule has 0 aromatic heterocycles. The summed E-state index contributed by atoms with van der Waals surface area (Å²) in [4.78, 5) is 45.4. The van der Waals surface area contributed by atoms with E-state index < -0.39 is 0 Å². The number of carbonyl (C=O) groups is 3. The van der Waals surface area contributed by atoms with Crippen LogP contribution in [0.15, 0.2) is 24.3 Å². The molecule has 2 saturated heterocycles. The van der Waals surface area contributed by atoms with Crippen molar-refractivity contribution in [3.8, 4) is 5.75 Å². The lowest BCUT2D eigenvalue weighted by Crippen LogP contribution is -2.55. The summed E-state index contributed by atoms with van der Waals surface area (Å²) < 4.78 is 5.65. The van der Waals surface area contributed by atoms with E-state index in [1.807, 2.05) is 39.0 Å². The van der Waals surface area contributed by atoms with Crippen molar-refractivity contribution < 1.29 is 19.1 Å². The average molecular weight is 484 g/mol.